The standard InChI is InChI=1S/C20H20ClNO4/c1-20(2)9-8-13-10-18(17(24-3)11-16(13)26-20)25-12-19(23)22-15-7-5-4-6-14(15)21/h4-11H,12H2,1-3H3,(H,22,23). The first-order chi connectivity index (χ1) is 12.4. The van der Waals surface area contributed by atoms with Crippen LogP contribution < -0.4 is 19.5 Å². The van der Waals surface area contributed by atoms with Crippen LogP contribution in [0.5, 0.6) is 17.2 Å². The van der Waals surface area contributed by atoms with E-state index in [9.17, 15) is 4.79 Å². The molecule has 3 rings (SSSR count). The number of fused-ring (bicyclic) bond motifs is 1. The van der Waals surface area contributed by atoms with Crippen molar-refractivity contribution in [3.8, 4) is 17.2 Å². The van der Waals surface area contributed by atoms with Gasteiger partial charge in [0.1, 0.15) is 11.4 Å². The van der Waals surface area contributed by atoms with Crippen LogP contribution in [0.3, 0.4) is 0 Å². The summed E-state index contributed by atoms with van der Waals surface area (Å²) in [6.45, 7) is 3.78. The lowest BCUT2D eigenvalue weighted by Crippen LogP contribution is -2.27. The summed E-state index contributed by atoms with van der Waals surface area (Å²) < 4.78 is 16.9. The molecule has 0 spiro atoms. The largest absolute Gasteiger partial charge is 0.493 e. The maximum atomic E-state index is 12.1. The van der Waals surface area contributed by atoms with Crippen molar-refractivity contribution < 1.29 is 19.0 Å². The average molecular weight is 374 g/mol. The Labute approximate surface area is 157 Å². The molecule has 0 unspecified atom stereocenters. The predicted octanol–water partition coefficient (Wildman–Crippen LogP) is 4.55. The third-order valence-corrected chi connectivity index (χ3v) is 4.17. The molecule has 0 aromatic heterocycles. The maximum absolute atomic E-state index is 12.1. The summed E-state index contributed by atoms with van der Waals surface area (Å²) in [6, 6.07) is 10.6. The van der Waals surface area contributed by atoms with Gasteiger partial charge in [-0.2, -0.15) is 0 Å². The van der Waals surface area contributed by atoms with Gasteiger partial charge in [0.25, 0.3) is 5.91 Å². The number of halogens is 1. The molecule has 0 saturated carbocycles. The number of methoxy groups -OCH3 is 1. The Morgan fingerprint density at radius 2 is 2.00 bits per heavy atom. The topological polar surface area (TPSA) is 56.8 Å². The van der Waals surface area contributed by atoms with Crippen molar-refractivity contribution in [3.05, 3.63) is 53.1 Å². The Morgan fingerprint density at radius 1 is 1.23 bits per heavy atom. The highest BCUT2D eigenvalue weighted by Gasteiger charge is 2.23. The average Bonchev–Trinajstić information content (AvgIpc) is 2.60. The van der Waals surface area contributed by atoms with Gasteiger partial charge < -0.3 is 19.5 Å². The molecule has 0 atom stereocenters. The number of hydrogen-bond donors (Lipinski definition) is 1. The number of ether oxygens (including phenoxy) is 3. The monoisotopic (exact) mass is 373 g/mol. The summed E-state index contributed by atoms with van der Waals surface area (Å²) in [5.74, 6) is 1.36. The van der Waals surface area contributed by atoms with Crippen LogP contribution in [0.1, 0.15) is 19.4 Å². The molecule has 5 nitrogen and oxygen atoms in total. The number of carbonyl (C=O) groups is 1. The number of hydrogen-bond acceptors (Lipinski definition) is 4. The molecule has 1 heterocycles. The van der Waals surface area contributed by atoms with Gasteiger partial charge in [0.15, 0.2) is 18.1 Å². The number of nitrogens with one attached hydrogen (secondary N) is 1. The lowest BCUT2D eigenvalue weighted by Gasteiger charge is -2.28. The third-order valence-electron chi connectivity index (χ3n) is 3.84. The van der Waals surface area contributed by atoms with Crippen LogP contribution in [0.2, 0.25) is 5.02 Å². The van der Waals surface area contributed by atoms with Crippen molar-refractivity contribution in [2.24, 2.45) is 0 Å². The molecule has 0 bridgehead atoms. The van der Waals surface area contributed by atoms with E-state index in [0.29, 0.717) is 28.0 Å². The van der Waals surface area contributed by atoms with Crippen LogP contribution in [0.15, 0.2) is 42.5 Å². The molecule has 0 fully saturated rings. The lowest BCUT2D eigenvalue weighted by molar-refractivity contribution is -0.118. The fourth-order valence-electron chi connectivity index (χ4n) is 2.55. The molecule has 0 saturated heterocycles. The van der Waals surface area contributed by atoms with Gasteiger partial charge in [0.05, 0.1) is 17.8 Å². The Balaban J connectivity index is 1.72. The summed E-state index contributed by atoms with van der Waals surface area (Å²) >= 11 is 6.04. The molecule has 136 valence electrons. The van der Waals surface area contributed by atoms with Crippen molar-refractivity contribution >= 4 is 29.3 Å². The fourth-order valence-corrected chi connectivity index (χ4v) is 2.73. The zero-order valence-corrected chi connectivity index (χ0v) is 15.6. The molecule has 6 heteroatoms. The number of rotatable bonds is 5. The summed E-state index contributed by atoms with van der Waals surface area (Å²) in [7, 11) is 1.54. The smallest absolute Gasteiger partial charge is 0.262 e. The van der Waals surface area contributed by atoms with Crippen molar-refractivity contribution in [3.63, 3.8) is 0 Å². The van der Waals surface area contributed by atoms with E-state index in [-0.39, 0.29) is 18.1 Å². The molecule has 26 heavy (non-hydrogen) atoms. The molecule has 1 amide bonds. The van der Waals surface area contributed by atoms with Crippen LogP contribution in [-0.2, 0) is 4.79 Å². The van der Waals surface area contributed by atoms with E-state index in [1.807, 2.05) is 26.0 Å². The van der Waals surface area contributed by atoms with Gasteiger partial charge in [-0.25, -0.2) is 0 Å². The summed E-state index contributed by atoms with van der Waals surface area (Å²) in [4.78, 5) is 12.1. The second-order valence-electron chi connectivity index (χ2n) is 6.40. The summed E-state index contributed by atoms with van der Waals surface area (Å²) in [5, 5.41) is 3.19. The van der Waals surface area contributed by atoms with Gasteiger partial charge in [-0.1, -0.05) is 29.8 Å². The van der Waals surface area contributed by atoms with Gasteiger partial charge in [0.2, 0.25) is 0 Å². The Morgan fingerprint density at radius 3 is 2.73 bits per heavy atom. The molecule has 0 aliphatic carbocycles. The first-order valence-electron chi connectivity index (χ1n) is 8.15. The first-order valence-corrected chi connectivity index (χ1v) is 8.53. The van der Waals surface area contributed by atoms with E-state index in [2.05, 4.69) is 5.32 Å². The Hall–Kier alpha value is -2.66. The SMILES string of the molecule is COc1cc2c(cc1OCC(=O)Nc1ccccc1Cl)C=CC(C)(C)O2. The number of amides is 1. The number of para-hydroxylation sites is 1. The third kappa shape index (κ3) is 4.11. The van der Waals surface area contributed by atoms with Crippen LogP contribution in [0.25, 0.3) is 6.08 Å². The van der Waals surface area contributed by atoms with E-state index in [4.69, 9.17) is 25.8 Å². The van der Waals surface area contributed by atoms with Crippen molar-refractivity contribution in [1.82, 2.24) is 0 Å². The van der Waals surface area contributed by atoms with E-state index >= 15 is 0 Å². The number of anilines is 1. The van der Waals surface area contributed by atoms with E-state index < -0.39 is 0 Å². The molecule has 0 radical (unpaired) electrons. The predicted molar refractivity (Wildman–Crippen MR) is 102 cm³/mol. The van der Waals surface area contributed by atoms with Crippen molar-refractivity contribution in [2.75, 3.05) is 19.0 Å². The minimum absolute atomic E-state index is 0.170. The van der Waals surface area contributed by atoms with Crippen molar-refractivity contribution in [1.29, 1.82) is 0 Å². The second kappa shape index (κ2) is 7.30. The molecular weight excluding hydrogens is 354 g/mol. The minimum Gasteiger partial charge on any atom is -0.493 e. The van der Waals surface area contributed by atoms with Crippen LogP contribution in [-0.4, -0.2) is 25.2 Å². The molecule has 2 aromatic rings. The molecule has 1 aliphatic heterocycles. The number of benzene rings is 2. The van der Waals surface area contributed by atoms with Crippen molar-refractivity contribution in [2.45, 2.75) is 19.4 Å². The lowest BCUT2D eigenvalue weighted by atomic mass is 10.0. The zero-order valence-electron chi connectivity index (χ0n) is 14.8. The summed E-state index contributed by atoms with van der Waals surface area (Å²) in [5.41, 5.74) is 1.03. The molecular formula is C20H20ClNO4. The quantitative estimate of drug-likeness (QED) is 0.835. The number of carbonyl (C=O) groups excluding carboxylic acids is 1. The highest BCUT2D eigenvalue weighted by Crippen LogP contribution is 2.39. The highest BCUT2D eigenvalue weighted by molar-refractivity contribution is 6.33. The van der Waals surface area contributed by atoms with Gasteiger partial charge in [-0.15, -0.1) is 0 Å². The van der Waals surface area contributed by atoms with Gasteiger partial charge in [-0.3, -0.25) is 4.79 Å². The van der Waals surface area contributed by atoms with Crippen LogP contribution >= 0.6 is 11.6 Å². The van der Waals surface area contributed by atoms with Gasteiger partial charge >= 0.3 is 0 Å². The first kappa shape index (κ1) is 18.1. The Bertz CT molecular complexity index is 861. The molecule has 1 N–H and O–H groups in total. The van der Waals surface area contributed by atoms with Crippen LogP contribution in [0, 0.1) is 0 Å². The van der Waals surface area contributed by atoms with Gasteiger partial charge in [0, 0.05) is 11.6 Å². The normalized spacial score (nSPS) is 14.2. The zero-order chi connectivity index (χ0) is 18.7. The summed E-state index contributed by atoms with van der Waals surface area (Å²) in [6.07, 6.45) is 3.94. The second-order valence-corrected chi connectivity index (χ2v) is 6.80. The van der Waals surface area contributed by atoms with Crippen LogP contribution in [0.4, 0.5) is 5.69 Å². The minimum atomic E-state index is -0.380. The molecule has 1 aliphatic rings. The Kier molecular flexibility index (Phi) is 5.09. The van der Waals surface area contributed by atoms with E-state index in [1.54, 1.807) is 43.5 Å². The maximum Gasteiger partial charge on any atom is 0.262 e. The fraction of sp³-hybridized carbons (Fsp3) is 0.250. The highest BCUT2D eigenvalue weighted by atomic mass is 35.5. The van der Waals surface area contributed by atoms with E-state index in [1.165, 1.54) is 0 Å². The van der Waals surface area contributed by atoms with E-state index in [0.717, 1.165) is 5.56 Å². The molecule has 2 aromatic carbocycles. The van der Waals surface area contributed by atoms with Gasteiger partial charge in [-0.05, 0) is 38.1 Å².